The minimum absolute atomic E-state index is 0.0451. The molecule has 2 amide bonds. The third kappa shape index (κ3) is 5.50. The summed E-state index contributed by atoms with van der Waals surface area (Å²) in [6.07, 6.45) is -3.61. The van der Waals surface area contributed by atoms with Crippen molar-refractivity contribution in [3.63, 3.8) is 0 Å². The van der Waals surface area contributed by atoms with Gasteiger partial charge in [-0.15, -0.1) is 0 Å². The Morgan fingerprint density at radius 3 is 2.32 bits per heavy atom. The van der Waals surface area contributed by atoms with Crippen LogP contribution in [0.3, 0.4) is 0 Å². The van der Waals surface area contributed by atoms with Gasteiger partial charge in [-0.2, -0.15) is 18.2 Å². The minimum atomic E-state index is -4.47. The summed E-state index contributed by atoms with van der Waals surface area (Å²) < 4.78 is 72.3. The molecule has 2 aliphatic rings. The quantitative estimate of drug-likeness (QED) is 0.467. The lowest BCUT2D eigenvalue weighted by molar-refractivity contribution is -0.137. The standard InChI is InChI=1S/C26H25F5N4O3/c27-19-5-6-21(22(28)12-19)23-32-24(38-33-23)17-11-16(15-1-3-18(4-2-15)26(29,30)31)13-35(14-17)25(37)34-9-7-20(36)8-10-34/h1-6,12,16-17,20,36H,7-11,13-14H2. The first-order valence-corrected chi connectivity index (χ1v) is 12.3. The fourth-order valence-electron chi connectivity index (χ4n) is 5.06. The molecule has 1 aromatic heterocycles. The van der Waals surface area contributed by atoms with E-state index in [9.17, 15) is 31.9 Å². The molecule has 12 heteroatoms. The van der Waals surface area contributed by atoms with Gasteiger partial charge in [-0.25, -0.2) is 13.6 Å². The summed E-state index contributed by atoms with van der Waals surface area (Å²) in [5, 5.41) is 13.6. The average Bonchev–Trinajstić information content (AvgIpc) is 3.38. The van der Waals surface area contributed by atoms with E-state index in [0.29, 0.717) is 44.0 Å². The lowest BCUT2D eigenvalue weighted by atomic mass is 9.84. The first kappa shape index (κ1) is 26.1. The second-order valence-corrected chi connectivity index (χ2v) is 9.74. The number of alkyl halides is 3. The van der Waals surface area contributed by atoms with Crippen molar-refractivity contribution in [1.29, 1.82) is 0 Å². The molecule has 2 atom stereocenters. The van der Waals surface area contributed by atoms with Gasteiger partial charge >= 0.3 is 12.2 Å². The Morgan fingerprint density at radius 2 is 1.66 bits per heavy atom. The molecule has 0 saturated carbocycles. The lowest BCUT2D eigenvalue weighted by Crippen LogP contribution is -2.51. The molecule has 0 aliphatic carbocycles. The van der Waals surface area contributed by atoms with Gasteiger partial charge in [0.1, 0.15) is 11.6 Å². The zero-order valence-electron chi connectivity index (χ0n) is 20.2. The molecule has 3 heterocycles. The van der Waals surface area contributed by atoms with Gasteiger partial charge in [0.15, 0.2) is 0 Å². The van der Waals surface area contributed by atoms with Crippen LogP contribution in [0.2, 0.25) is 0 Å². The number of aliphatic hydroxyl groups is 1. The lowest BCUT2D eigenvalue weighted by Gasteiger charge is -2.40. The second kappa shape index (κ2) is 10.3. The zero-order chi connectivity index (χ0) is 27.0. The normalized spacial score (nSPS) is 21.1. The smallest absolute Gasteiger partial charge is 0.393 e. The fourth-order valence-corrected chi connectivity index (χ4v) is 5.06. The largest absolute Gasteiger partial charge is 0.416 e. The van der Waals surface area contributed by atoms with Crippen molar-refractivity contribution >= 4 is 6.03 Å². The van der Waals surface area contributed by atoms with Crippen LogP contribution in [0.25, 0.3) is 11.4 Å². The van der Waals surface area contributed by atoms with Crippen molar-refractivity contribution in [2.75, 3.05) is 26.2 Å². The monoisotopic (exact) mass is 536 g/mol. The van der Waals surface area contributed by atoms with Crippen molar-refractivity contribution in [2.24, 2.45) is 0 Å². The molecule has 38 heavy (non-hydrogen) atoms. The van der Waals surface area contributed by atoms with Crippen LogP contribution in [0.15, 0.2) is 47.0 Å². The van der Waals surface area contributed by atoms with E-state index >= 15 is 0 Å². The number of hydrogen-bond acceptors (Lipinski definition) is 5. The van der Waals surface area contributed by atoms with E-state index in [1.54, 1.807) is 9.80 Å². The molecular formula is C26H25F5N4O3. The van der Waals surface area contributed by atoms with Gasteiger partial charge in [0.05, 0.1) is 23.1 Å². The van der Waals surface area contributed by atoms with E-state index in [2.05, 4.69) is 10.1 Å². The van der Waals surface area contributed by atoms with Crippen LogP contribution < -0.4 is 0 Å². The summed E-state index contributed by atoms with van der Waals surface area (Å²) in [6, 6.07) is 7.58. The number of halogens is 5. The first-order valence-electron chi connectivity index (χ1n) is 12.3. The topological polar surface area (TPSA) is 82.7 Å². The highest BCUT2D eigenvalue weighted by Gasteiger charge is 2.37. The minimum Gasteiger partial charge on any atom is -0.393 e. The molecule has 3 aromatic rings. The Labute approximate surface area is 214 Å². The van der Waals surface area contributed by atoms with Gasteiger partial charge < -0.3 is 19.4 Å². The molecule has 202 valence electrons. The molecule has 2 saturated heterocycles. The van der Waals surface area contributed by atoms with Crippen LogP contribution in [0.4, 0.5) is 26.7 Å². The summed E-state index contributed by atoms with van der Waals surface area (Å²) in [5.41, 5.74) is -0.188. The summed E-state index contributed by atoms with van der Waals surface area (Å²) in [7, 11) is 0. The van der Waals surface area contributed by atoms with Gasteiger partial charge in [0, 0.05) is 38.2 Å². The molecule has 2 unspecified atom stereocenters. The van der Waals surface area contributed by atoms with Crippen LogP contribution in [0.5, 0.6) is 0 Å². The third-order valence-corrected chi connectivity index (χ3v) is 7.13. The van der Waals surface area contributed by atoms with Crippen LogP contribution in [0, 0.1) is 11.6 Å². The van der Waals surface area contributed by atoms with E-state index in [-0.39, 0.29) is 42.3 Å². The van der Waals surface area contributed by atoms with Gasteiger partial charge in [-0.05, 0) is 49.1 Å². The molecule has 5 rings (SSSR count). The number of rotatable bonds is 3. The number of amides is 2. The number of aliphatic hydroxyl groups excluding tert-OH is 1. The van der Waals surface area contributed by atoms with Gasteiger partial charge in [0.25, 0.3) is 0 Å². The van der Waals surface area contributed by atoms with Gasteiger partial charge in [0.2, 0.25) is 11.7 Å². The first-order chi connectivity index (χ1) is 18.1. The molecule has 0 bridgehead atoms. The van der Waals surface area contributed by atoms with Crippen molar-refractivity contribution in [3.8, 4) is 11.4 Å². The van der Waals surface area contributed by atoms with Crippen molar-refractivity contribution in [3.05, 3.63) is 71.1 Å². The second-order valence-electron chi connectivity index (χ2n) is 9.74. The number of aromatic nitrogens is 2. The van der Waals surface area contributed by atoms with E-state index in [1.807, 2.05) is 0 Å². The van der Waals surface area contributed by atoms with Crippen LogP contribution in [-0.2, 0) is 6.18 Å². The van der Waals surface area contributed by atoms with E-state index in [0.717, 1.165) is 18.2 Å². The number of likely N-dealkylation sites (tertiary alicyclic amines) is 2. The number of piperidine rings is 2. The zero-order valence-corrected chi connectivity index (χ0v) is 20.2. The maximum Gasteiger partial charge on any atom is 0.416 e. The Hall–Kier alpha value is -3.54. The summed E-state index contributed by atoms with van der Waals surface area (Å²) >= 11 is 0. The highest BCUT2D eigenvalue weighted by Crippen LogP contribution is 2.38. The van der Waals surface area contributed by atoms with Gasteiger partial charge in [-0.1, -0.05) is 17.3 Å². The number of benzene rings is 2. The number of nitrogens with zero attached hydrogens (tertiary/aromatic N) is 4. The fraction of sp³-hybridized carbons (Fsp3) is 0.423. The molecule has 2 aliphatic heterocycles. The number of urea groups is 1. The van der Waals surface area contributed by atoms with Crippen LogP contribution in [0.1, 0.15) is 48.1 Å². The Morgan fingerprint density at radius 1 is 0.974 bits per heavy atom. The highest BCUT2D eigenvalue weighted by molar-refractivity contribution is 5.75. The van der Waals surface area contributed by atoms with Crippen LogP contribution >= 0.6 is 0 Å². The van der Waals surface area contributed by atoms with Crippen LogP contribution in [-0.4, -0.2) is 63.4 Å². The number of carbonyl (C=O) groups is 1. The van der Waals surface area contributed by atoms with Gasteiger partial charge in [-0.3, -0.25) is 0 Å². The van der Waals surface area contributed by atoms with Crippen molar-refractivity contribution in [1.82, 2.24) is 19.9 Å². The predicted octanol–water partition coefficient (Wildman–Crippen LogP) is 5.18. The Kier molecular flexibility index (Phi) is 7.08. The average molecular weight is 537 g/mol. The molecule has 2 aromatic carbocycles. The summed E-state index contributed by atoms with van der Waals surface area (Å²) in [6.45, 7) is 1.26. The third-order valence-electron chi connectivity index (χ3n) is 7.13. The maximum atomic E-state index is 14.3. The molecular weight excluding hydrogens is 511 g/mol. The van der Waals surface area contributed by atoms with Crippen molar-refractivity contribution in [2.45, 2.75) is 43.4 Å². The predicted molar refractivity (Wildman–Crippen MR) is 125 cm³/mol. The molecule has 0 spiro atoms. The summed E-state index contributed by atoms with van der Waals surface area (Å²) in [5.74, 6) is -2.33. The van der Waals surface area contributed by atoms with E-state index in [1.165, 1.54) is 18.2 Å². The maximum absolute atomic E-state index is 14.3. The van der Waals surface area contributed by atoms with Crippen molar-refractivity contribution < 1.29 is 36.4 Å². The van der Waals surface area contributed by atoms with E-state index < -0.39 is 35.4 Å². The highest BCUT2D eigenvalue weighted by atomic mass is 19.4. The SMILES string of the molecule is O=C(N1CCC(O)CC1)N1CC(c2ccc(C(F)(F)F)cc2)CC(c2nc(-c3ccc(F)cc3F)no2)C1. The number of hydrogen-bond donors (Lipinski definition) is 1. The molecule has 1 N–H and O–H groups in total. The summed E-state index contributed by atoms with van der Waals surface area (Å²) in [4.78, 5) is 20.9. The molecule has 2 fully saturated rings. The Balaban J connectivity index is 1.42. The Bertz CT molecular complexity index is 1290. The number of carbonyl (C=O) groups excluding carboxylic acids is 1. The van der Waals surface area contributed by atoms with E-state index in [4.69, 9.17) is 4.52 Å². The molecule has 0 radical (unpaired) electrons. The molecule has 7 nitrogen and oxygen atoms in total.